The van der Waals surface area contributed by atoms with E-state index < -0.39 is 40.1 Å². The van der Waals surface area contributed by atoms with Gasteiger partial charge in [-0.15, -0.1) is 0 Å². The fourth-order valence-corrected chi connectivity index (χ4v) is 1.08. The maximum Gasteiger partial charge on any atom is 0.287 e. The third-order valence-electron chi connectivity index (χ3n) is 1.76. The largest absolute Gasteiger partial charge is 0.390 e. The fraction of sp³-hybridized carbons (Fsp3) is 0.857. The summed E-state index contributed by atoms with van der Waals surface area (Å²) in [6.07, 6.45) is 0.835. The van der Waals surface area contributed by atoms with Crippen LogP contribution in [0.3, 0.4) is 0 Å². The van der Waals surface area contributed by atoms with Crippen LogP contribution in [0.2, 0.25) is 0 Å². The minimum atomic E-state index is -3.60. The summed E-state index contributed by atoms with van der Waals surface area (Å²) >= 11 is 0. The maximum absolute atomic E-state index is 12.5. The van der Waals surface area contributed by atoms with Crippen LogP contribution in [-0.2, 0) is 14.6 Å². The van der Waals surface area contributed by atoms with E-state index in [0.717, 1.165) is 13.2 Å². The number of hydrogen-bond acceptors (Lipinski definition) is 4. The van der Waals surface area contributed by atoms with Gasteiger partial charge in [0.1, 0.15) is 11.9 Å². The van der Waals surface area contributed by atoms with Gasteiger partial charge in [-0.1, -0.05) is 0 Å². The average Bonchev–Trinajstić information content (AvgIpc) is 2.11. The highest BCUT2D eigenvalue weighted by atomic mass is 32.2. The second-order valence-electron chi connectivity index (χ2n) is 3.20. The second-order valence-corrected chi connectivity index (χ2v) is 5.57. The average molecular weight is 245 g/mol. The maximum atomic E-state index is 12.5. The van der Waals surface area contributed by atoms with E-state index in [1.54, 1.807) is 5.32 Å². The fourth-order valence-electron chi connectivity index (χ4n) is 0.610. The molecule has 0 radical (unpaired) electrons. The Labute approximate surface area is 86.4 Å². The zero-order valence-electron chi connectivity index (χ0n) is 8.33. The minimum Gasteiger partial charge on any atom is -0.390 e. The molecule has 0 fully saturated rings. The third kappa shape index (κ3) is 5.03. The van der Waals surface area contributed by atoms with Gasteiger partial charge in [-0.25, -0.2) is 17.2 Å². The van der Waals surface area contributed by atoms with Crippen LogP contribution in [0.15, 0.2) is 0 Å². The molecule has 0 spiro atoms. The van der Waals surface area contributed by atoms with E-state index >= 15 is 0 Å². The van der Waals surface area contributed by atoms with Gasteiger partial charge in [0.2, 0.25) is 5.91 Å². The van der Waals surface area contributed by atoms with Crippen molar-refractivity contribution in [2.75, 3.05) is 19.4 Å². The topological polar surface area (TPSA) is 83.5 Å². The number of aliphatic hydroxyl groups is 1. The van der Waals surface area contributed by atoms with Gasteiger partial charge >= 0.3 is 0 Å². The van der Waals surface area contributed by atoms with Crippen molar-refractivity contribution in [3.05, 3.63) is 0 Å². The number of amides is 1. The highest BCUT2D eigenvalue weighted by Crippen LogP contribution is 2.10. The third-order valence-corrected chi connectivity index (χ3v) is 3.26. The lowest BCUT2D eigenvalue weighted by molar-refractivity contribution is -0.123. The lowest BCUT2D eigenvalue weighted by atomic mass is 10.3. The van der Waals surface area contributed by atoms with Gasteiger partial charge in [0.25, 0.3) is 5.92 Å². The van der Waals surface area contributed by atoms with Crippen LogP contribution in [-0.4, -0.2) is 50.0 Å². The van der Waals surface area contributed by atoms with E-state index in [2.05, 4.69) is 0 Å². The smallest absolute Gasteiger partial charge is 0.287 e. The molecule has 0 aromatic rings. The molecule has 1 amide bonds. The highest BCUT2D eigenvalue weighted by molar-refractivity contribution is 7.92. The molecule has 1 atom stereocenters. The van der Waals surface area contributed by atoms with Crippen molar-refractivity contribution in [3.63, 3.8) is 0 Å². The van der Waals surface area contributed by atoms with E-state index in [-0.39, 0.29) is 0 Å². The Bertz CT molecular complexity index is 328. The molecular weight excluding hydrogens is 232 g/mol. The number of aliphatic hydroxyl groups excluding tert-OH is 1. The van der Waals surface area contributed by atoms with Crippen molar-refractivity contribution >= 4 is 15.7 Å². The Hall–Kier alpha value is -0.760. The number of hydrogen-bond donors (Lipinski definition) is 2. The molecule has 0 heterocycles. The molecule has 90 valence electrons. The number of alkyl halides is 2. The molecule has 0 aromatic heterocycles. The lowest BCUT2D eigenvalue weighted by Crippen LogP contribution is -2.44. The van der Waals surface area contributed by atoms with Gasteiger partial charge in [0.05, 0.1) is 6.54 Å². The first-order valence-corrected chi connectivity index (χ1v) is 6.01. The van der Waals surface area contributed by atoms with E-state index in [1.807, 2.05) is 0 Å². The summed E-state index contributed by atoms with van der Waals surface area (Å²) in [7, 11) is -3.60. The number of carbonyl (C=O) groups is 1. The molecule has 1 unspecified atom stereocenters. The van der Waals surface area contributed by atoms with E-state index in [4.69, 9.17) is 5.11 Å². The summed E-state index contributed by atoms with van der Waals surface area (Å²) in [6, 6.07) is 0. The zero-order valence-corrected chi connectivity index (χ0v) is 9.14. The minimum absolute atomic E-state index is 0.835. The van der Waals surface area contributed by atoms with Gasteiger partial charge in [0.15, 0.2) is 9.84 Å². The summed E-state index contributed by atoms with van der Waals surface area (Å²) in [5.41, 5.74) is 0. The highest BCUT2D eigenvalue weighted by Gasteiger charge is 2.31. The van der Waals surface area contributed by atoms with Crippen molar-refractivity contribution in [1.29, 1.82) is 0 Å². The summed E-state index contributed by atoms with van der Waals surface area (Å²) in [5.74, 6) is -4.45. The summed E-state index contributed by atoms with van der Waals surface area (Å²) < 4.78 is 46.7. The molecule has 2 N–H and O–H groups in total. The van der Waals surface area contributed by atoms with Crippen LogP contribution < -0.4 is 5.32 Å². The zero-order chi connectivity index (χ0) is 12.3. The first kappa shape index (κ1) is 14.2. The standard InChI is InChI=1S/C7H13F2NO4S/c1-5(15(2,13)14)6(12)10-3-7(8,9)4-11/h5,11H,3-4H2,1-2H3,(H,10,12). The molecule has 0 aromatic carbocycles. The first-order valence-electron chi connectivity index (χ1n) is 4.05. The van der Waals surface area contributed by atoms with Gasteiger partial charge in [-0.3, -0.25) is 4.79 Å². The molecule has 0 saturated heterocycles. The predicted octanol–water partition coefficient (Wildman–Crippen LogP) is -0.837. The molecule has 15 heavy (non-hydrogen) atoms. The van der Waals surface area contributed by atoms with Crippen LogP contribution in [0, 0.1) is 0 Å². The van der Waals surface area contributed by atoms with Crippen molar-refractivity contribution < 1.29 is 27.1 Å². The van der Waals surface area contributed by atoms with E-state index in [1.165, 1.54) is 0 Å². The van der Waals surface area contributed by atoms with Crippen molar-refractivity contribution in [2.45, 2.75) is 18.1 Å². The second kappa shape index (κ2) is 4.84. The van der Waals surface area contributed by atoms with Crippen LogP contribution in [0.1, 0.15) is 6.92 Å². The van der Waals surface area contributed by atoms with E-state index in [0.29, 0.717) is 0 Å². The molecular formula is C7H13F2NO4S. The number of rotatable bonds is 5. The van der Waals surface area contributed by atoms with Crippen molar-refractivity contribution in [1.82, 2.24) is 5.32 Å². The normalized spacial score (nSPS) is 14.7. The Morgan fingerprint density at radius 3 is 2.33 bits per heavy atom. The number of nitrogens with one attached hydrogen (secondary N) is 1. The summed E-state index contributed by atoms with van der Waals surface area (Å²) in [4.78, 5) is 11.0. The molecule has 0 aliphatic heterocycles. The number of carbonyl (C=O) groups excluding carboxylic acids is 1. The summed E-state index contributed by atoms with van der Waals surface area (Å²) in [6.45, 7) is -1.38. The molecule has 0 bridgehead atoms. The van der Waals surface area contributed by atoms with Gasteiger partial charge in [0, 0.05) is 6.26 Å². The quantitative estimate of drug-likeness (QED) is 0.661. The Morgan fingerprint density at radius 2 is 2.00 bits per heavy atom. The molecule has 0 rings (SSSR count). The van der Waals surface area contributed by atoms with Crippen molar-refractivity contribution in [2.24, 2.45) is 0 Å². The Morgan fingerprint density at radius 1 is 1.53 bits per heavy atom. The first-order chi connectivity index (χ1) is 6.60. The number of halogens is 2. The molecule has 5 nitrogen and oxygen atoms in total. The van der Waals surface area contributed by atoms with Gasteiger partial charge < -0.3 is 10.4 Å². The van der Waals surface area contributed by atoms with Crippen LogP contribution in [0.5, 0.6) is 0 Å². The SMILES string of the molecule is CC(C(=O)NCC(F)(F)CO)S(C)(=O)=O. The van der Waals surface area contributed by atoms with Gasteiger partial charge in [-0.05, 0) is 6.92 Å². The van der Waals surface area contributed by atoms with E-state index in [9.17, 15) is 22.0 Å². The molecule has 0 aliphatic carbocycles. The molecule has 0 saturated carbocycles. The molecule has 8 heteroatoms. The predicted molar refractivity (Wildman–Crippen MR) is 49.3 cm³/mol. The van der Waals surface area contributed by atoms with Crippen molar-refractivity contribution in [3.8, 4) is 0 Å². The number of sulfone groups is 1. The lowest BCUT2D eigenvalue weighted by Gasteiger charge is -2.15. The molecule has 0 aliphatic rings. The Balaban J connectivity index is 4.29. The van der Waals surface area contributed by atoms with Crippen LogP contribution in [0.25, 0.3) is 0 Å². The van der Waals surface area contributed by atoms with Crippen LogP contribution >= 0.6 is 0 Å². The van der Waals surface area contributed by atoms with Crippen LogP contribution in [0.4, 0.5) is 8.78 Å². The Kier molecular flexibility index (Phi) is 4.60. The monoisotopic (exact) mass is 245 g/mol. The summed E-state index contributed by atoms with van der Waals surface area (Å²) in [5, 5.41) is 8.56. The van der Waals surface area contributed by atoms with Gasteiger partial charge in [-0.2, -0.15) is 0 Å².